The van der Waals surface area contributed by atoms with Crippen LogP contribution in [-0.4, -0.2) is 25.9 Å². The molecular weight excluding hydrogens is 222 g/mol. The summed E-state index contributed by atoms with van der Waals surface area (Å²) in [6.45, 7) is 3.65. The van der Waals surface area contributed by atoms with Crippen molar-refractivity contribution in [2.75, 3.05) is 19.0 Å². The summed E-state index contributed by atoms with van der Waals surface area (Å²) in [6, 6.07) is 3.11. The van der Waals surface area contributed by atoms with E-state index in [1.807, 2.05) is 6.92 Å². The van der Waals surface area contributed by atoms with Crippen molar-refractivity contribution in [2.45, 2.75) is 13.8 Å². The summed E-state index contributed by atoms with van der Waals surface area (Å²) in [5, 5.41) is 2.60. The second kappa shape index (κ2) is 5.89. The summed E-state index contributed by atoms with van der Waals surface area (Å²) >= 11 is 0. The van der Waals surface area contributed by atoms with Crippen LogP contribution in [0.3, 0.4) is 0 Å². The van der Waals surface area contributed by atoms with Gasteiger partial charge in [0.15, 0.2) is 11.5 Å². The first kappa shape index (κ1) is 13.0. The fourth-order valence-electron chi connectivity index (χ4n) is 1.45. The lowest BCUT2D eigenvalue weighted by Gasteiger charge is -2.14. The molecule has 0 aliphatic carbocycles. The number of methoxy groups -OCH3 is 1. The summed E-state index contributed by atoms with van der Waals surface area (Å²) in [4.78, 5) is 21.8. The Morgan fingerprint density at radius 2 is 2.18 bits per heavy atom. The van der Waals surface area contributed by atoms with E-state index >= 15 is 0 Å². The molecule has 0 bridgehead atoms. The summed E-state index contributed by atoms with van der Waals surface area (Å²) in [5.74, 6) is 0.602. The smallest absolute Gasteiger partial charge is 0.221 e. The van der Waals surface area contributed by atoms with E-state index in [0.29, 0.717) is 35.6 Å². The molecule has 0 fully saturated rings. The average molecular weight is 237 g/mol. The van der Waals surface area contributed by atoms with Gasteiger partial charge in [0.05, 0.1) is 19.4 Å². The lowest BCUT2D eigenvalue weighted by atomic mass is 10.2. The highest BCUT2D eigenvalue weighted by molar-refractivity contribution is 5.93. The molecule has 0 spiro atoms. The van der Waals surface area contributed by atoms with Gasteiger partial charge < -0.3 is 14.8 Å². The van der Waals surface area contributed by atoms with Crippen molar-refractivity contribution < 1.29 is 19.1 Å². The van der Waals surface area contributed by atoms with E-state index < -0.39 is 0 Å². The maximum atomic E-state index is 11.1. The molecule has 0 radical (unpaired) electrons. The van der Waals surface area contributed by atoms with Crippen LogP contribution >= 0.6 is 0 Å². The maximum absolute atomic E-state index is 11.1. The number of carbonyl (C=O) groups excluding carboxylic acids is 2. The minimum atomic E-state index is -0.242. The van der Waals surface area contributed by atoms with E-state index in [1.54, 1.807) is 6.07 Å². The molecule has 0 aliphatic heterocycles. The van der Waals surface area contributed by atoms with E-state index in [-0.39, 0.29) is 5.91 Å². The number of aldehydes is 1. The highest BCUT2D eigenvalue weighted by atomic mass is 16.5. The van der Waals surface area contributed by atoms with Crippen LogP contribution in [0.1, 0.15) is 24.2 Å². The Morgan fingerprint density at radius 3 is 2.65 bits per heavy atom. The third kappa shape index (κ3) is 3.21. The standard InChI is InChI=1S/C12H15NO4/c1-4-17-11-6-9(7-14)5-10(12(11)16-3)13-8(2)15/h5-7H,4H2,1-3H3,(H,13,15). The number of rotatable bonds is 5. The largest absolute Gasteiger partial charge is 0.491 e. The zero-order chi connectivity index (χ0) is 12.8. The molecule has 0 aliphatic rings. The number of nitrogens with one attached hydrogen (secondary N) is 1. The van der Waals surface area contributed by atoms with E-state index in [1.165, 1.54) is 20.1 Å². The zero-order valence-electron chi connectivity index (χ0n) is 10.1. The summed E-state index contributed by atoms with van der Waals surface area (Å²) < 4.78 is 10.5. The van der Waals surface area contributed by atoms with Crippen molar-refractivity contribution >= 4 is 17.9 Å². The lowest BCUT2D eigenvalue weighted by molar-refractivity contribution is -0.114. The van der Waals surface area contributed by atoms with Crippen LogP contribution in [0.15, 0.2) is 12.1 Å². The molecule has 0 heterocycles. The van der Waals surface area contributed by atoms with Crippen molar-refractivity contribution in [1.82, 2.24) is 0 Å². The molecule has 0 unspecified atom stereocenters. The minimum Gasteiger partial charge on any atom is -0.491 e. The normalized spacial score (nSPS) is 9.59. The number of ether oxygens (including phenoxy) is 2. The van der Waals surface area contributed by atoms with Crippen molar-refractivity contribution in [3.05, 3.63) is 17.7 Å². The zero-order valence-corrected chi connectivity index (χ0v) is 10.1. The Balaban J connectivity index is 3.27. The third-order valence-corrected chi connectivity index (χ3v) is 2.03. The molecule has 0 atom stereocenters. The first-order valence-electron chi connectivity index (χ1n) is 5.20. The van der Waals surface area contributed by atoms with Crippen LogP contribution in [0.2, 0.25) is 0 Å². The van der Waals surface area contributed by atoms with E-state index in [0.717, 1.165) is 0 Å². The van der Waals surface area contributed by atoms with E-state index in [2.05, 4.69) is 5.32 Å². The van der Waals surface area contributed by atoms with Crippen molar-refractivity contribution in [3.8, 4) is 11.5 Å². The lowest BCUT2D eigenvalue weighted by Crippen LogP contribution is -2.09. The molecule has 1 rings (SSSR count). The molecular formula is C12H15NO4. The van der Waals surface area contributed by atoms with E-state index in [9.17, 15) is 9.59 Å². The van der Waals surface area contributed by atoms with Crippen LogP contribution in [-0.2, 0) is 4.79 Å². The number of hydrogen-bond donors (Lipinski definition) is 1. The summed E-state index contributed by atoms with van der Waals surface area (Å²) in [5.41, 5.74) is 0.839. The molecule has 0 aromatic heterocycles. The Morgan fingerprint density at radius 1 is 1.47 bits per heavy atom. The number of hydrogen-bond acceptors (Lipinski definition) is 4. The van der Waals surface area contributed by atoms with Crippen molar-refractivity contribution in [1.29, 1.82) is 0 Å². The van der Waals surface area contributed by atoms with Gasteiger partial charge in [0, 0.05) is 12.5 Å². The SMILES string of the molecule is CCOc1cc(C=O)cc(NC(C)=O)c1OC. The number of benzene rings is 1. The van der Waals surface area contributed by atoms with Crippen LogP contribution in [0.4, 0.5) is 5.69 Å². The van der Waals surface area contributed by atoms with Crippen LogP contribution in [0.25, 0.3) is 0 Å². The Kier molecular flexibility index (Phi) is 4.51. The van der Waals surface area contributed by atoms with Crippen molar-refractivity contribution in [3.63, 3.8) is 0 Å². The van der Waals surface area contributed by atoms with Gasteiger partial charge in [0.2, 0.25) is 5.91 Å². The Labute approximate surface area is 99.7 Å². The molecule has 0 saturated carbocycles. The predicted molar refractivity (Wildman–Crippen MR) is 63.9 cm³/mol. The van der Waals surface area contributed by atoms with Gasteiger partial charge in [-0.05, 0) is 19.1 Å². The molecule has 0 saturated heterocycles. The van der Waals surface area contributed by atoms with Gasteiger partial charge in [-0.1, -0.05) is 0 Å². The topological polar surface area (TPSA) is 64.6 Å². The minimum absolute atomic E-state index is 0.242. The van der Waals surface area contributed by atoms with Crippen LogP contribution < -0.4 is 14.8 Å². The first-order valence-corrected chi connectivity index (χ1v) is 5.20. The summed E-state index contributed by atoms with van der Waals surface area (Å²) in [7, 11) is 1.48. The second-order valence-corrected chi connectivity index (χ2v) is 3.33. The number of anilines is 1. The van der Waals surface area contributed by atoms with Gasteiger partial charge in [-0.2, -0.15) is 0 Å². The molecule has 5 nitrogen and oxygen atoms in total. The Bertz CT molecular complexity index is 429. The molecule has 92 valence electrons. The fourth-order valence-corrected chi connectivity index (χ4v) is 1.45. The molecule has 1 amide bonds. The van der Waals surface area contributed by atoms with Crippen LogP contribution in [0.5, 0.6) is 11.5 Å². The second-order valence-electron chi connectivity index (χ2n) is 3.33. The van der Waals surface area contributed by atoms with E-state index in [4.69, 9.17) is 9.47 Å². The van der Waals surface area contributed by atoms with Gasteiger partial charge in [-0.25, -0.2) is 0 Å². The highest BCUT2D eigenvalue weighted by Gasteiger charge is 2.13. The van der Waals surface area contributed by atoms with Gasteiger partial charge in [0.25, 0.3) is 0 Å². The third-order valence-electron chi connectivity index (χ3n) is 2.03. The molecule has 1 N–H and O–H groups in total. The monoisotopic (exact) mass is 237 g/mol. The van der Waals surface area contributed by atoms with Crippen molar-refractivity contribution in [2.24, 2.45) is 0 Å². The van der Waals surface area contributed by atoms with Crippen LogP contribution in [0, 0.1) is 0 Å². The average Bonchev–Trinajstić information content (AvgIpc) is 2.28. The quantitative estimate of drug-likeness (QED) is 0.794. The van der Waals surface area contributed by atoms with Gasteiger partial charge in [-0.3, -0.25) is 9.59 Å². The first-order chi connectivity index (χ1) is 8.12. The fraction of sp³-hybridized carbons (Fsp3) is 0.333. The highest BCUT2D eigenvalue weighted by Crippen LogP contribution is 2.36. The Hall–Kier alpha value is -2.04. The van der Waals surface area contributed by atoms with Gasteiger partial charge in [0.1, 0.15) is 6.29 Å². The molecule has 1 aromatic carbocycles. The van der Waals surface area contributed by atoms with Gasteiger partial charge >= 0.3 is 0 Å². The maximum Gasteiger partial charge on any atom is 0.221 e. The van der Waals surface area contributed by atoms with Gasteiger partial charge in [-0.15, -0.1) is 0 Å². The molecule has 5 heteroatoms. The summed E-state index contributed by atoms with van der Waals surface area (Å²) in [6.07, 6.45) is 0.688. The predicted octanol–water partition coefficient (Wildman–Crippen LogP) is 1.86. The number of amides is 1. The molecule has 1 aromatic rings. The molecule has 17 heavy (non-hydrogen) atoms. The number of carbonyl (C=O) groups is 2.